The fourth-order valence-corrected chi connectivity index (χ4v) is 7.78. The average Bonchev–Trinajstić information content (AvgIpc) is 3.25. The van der Waals surface area contributed by atoms with Gasteiger partial charge in [-0.2, -0.15) is 0 Å². The first kappa shape index (κ1) is 29.3. The van der Waals surface area contributed by atoms with Crippen LogP contribution in [0.2, 0.25) is 0 Å². The van der Waals surface area contributed by atoms with Gasteiger partial charge in [-0.25, -0.2) is 0 Å². The summed E-state index contributed by atoms with van der Waals surface area (Å²) in [7, 11) is 0. The summed E-state index contributed by atoms with van der Waals surface area (Å²) < 4.78 is 6.98. The molecular weight excluding hydrogens is 542 g/mol. The number of unbranched alkanes of at least 4 members (excludes halogenated alkanes) is 3. The molecule has 8 heteroatoms. The number of hydrogen-bond donors (Lipinski definition) is 1. The lowest BCUT2D eigenvalue weighted by atomic mass is 9.74. The van der Waals surface area contributed by atoms with Crippen molar-refractivity contribution in [2.75, 3.05) is 36.0 Å². The van der Waals surface area contributed by atoms with Crippen LogP contribution in [0.25, 0.3) is 0 Å². The highest BCUT2D eigenvalue weighted by molar-refractivity contribution is 6.08. The number of carbonyl (C=O) groups is 3. The van der Waals surface area contributed by atoms with E-state index in [-0.39, 0.29) is 24.3 Å². The molecule has 0 bridgehead atoms. The van der Waals surface area contributed by atoms with Gasteiger partial charge in [0.05, 0.1) is 17.4 Å². The molecule has 0 aromatic heterocycles. The number of aliphatic hydroxyl groups is 1. The van der Waals surface area contributed by atoms with Crippen molar-refractivity contribution in [2.24, 2.45) is 11.8 Å². The number of carbonyl (C=O) groups excluding carboxylic acids is 3. The molecule has 2 fully saturated rings. The van der Waals surface area contributed by atoms with Gasteiger partial charge in [0.2, 0.25) is 11.8 Å². The lowest BCUT2D eigenvalue weighted by Crippen LogP contribution is -2.56. The Morgan fingerprint density at radius 2 is 1.47 bits per heavy atom. The van der Waals surface area contributed by atoms with E-state index in [0.717, 1.165) is 35.3 Å². The predicted octanol–water partition coefficient (Wildman–Crippen LogP) is 4.33. The lowest BCUT2D eigenvalue weighted by molar-refractivity contribution is -0.144. The monoisotopic (exact) mass is 583 g/mol. The van der Waals surface area contributed by atoms with Gasteiger partial charge >= 0.3 is 0 Å². The normalized spacial score (nSPS) is 29.9. The Kier molecular flexibility index (Phi) is 7.77. The van der Waals surface area contributed by atoms with E-state index < -0.39 is 29.1 Å². The van der Waals surface area contributed by atoms with Crippen LogP contribution in [0.15, 0.2) is 72.8 Å². The van der Waals surface area contributed by atoms with Crippen molar-refractivity contribution >= 4 is 29.1 Å². The van der Waals surface area contributed by atoms with Crippen LogP contribution in [0.1, 0.15) is 43.7 Å². The molecular formula is C35H41N3O5. The molecule has 226 valence electrons. The summed E-state index contributed by atoms with van der Waals surface area (Å²) in [6.45, 7) is 7.10. The molecule has 2 saturated heterocycles. The first-order valence-electron chi connectivity index (χ1n) is 15.4. The number of rotatable bonds is 8. The Labute approximate surface area is 253 Å². The van der Waals surface area contributed by atoms with Crippen molar-refractivity contribution < 1.29 is 24.2 Å². The third kappa shape index (κ3) is 4.71. The van der Waals surface area contributed by atoms with Gasteiger partial charge in [0, 0.05) is 37.6 Å². The number of benzene rings is 2. The van der Waals surface area contributed by atoms with E-state index in [9.17, 15) is 19.5 Å². The molecule has 1 N–H and O–H groups in total. The maximum Gasteiger partial charge on any atom is 0.253 e. The lowest BCUT2D eigenvalue weighted by Gasteiger charge is -2.38. The van der Waals surface area contributed by atoms with Gasteiger partial charge in [-0.05, 0) is 56.9 Å². The fraction of sp³-hybridized carbons (Fsp3) is 0.457. The molecule has 1 spiro atoms. The second-order valence-corrected chi connectivity index (χ2v) is 12.4. The van der Waals surface area contributed by atoms with Gasteiger partial charge in [-0.3, -0.25) is 14.4 Å². The smallest absolute Gasteiger partial charge is 0.253 e. The van der Waals surface area contributed by atoms with Crippen LogP contribution in [0.5, 0.6) is 0 Å². The quantitative estimate of drug-likeness (QED) is 0.369. The molecule has 2 aromatic rings. The van der Waals surface area contributed by atoms with Gasteiger partial charge < -0.3 is 24.5 Å². The number of aryl methyl sites for hydroxylation is 2. The Morgan fingerprint density at radius 3 is 2.19 bits per heavy atom. The van der Waals surface area contributed by atoms with Gasteiger partial charge in [0.1, 0.15) is 11.6 Å². The van der Waals surface area contributed by atoms with Gasteiger partial charge in [-0.1, -0.05) is 73.5 Å². The standard InChI is InChI=1S/C35H41N3O5/c1-24-14-11-15-25(2)29(24)37-22-13-19-35-28(32(41)38(30(35)33(37)42)20-9-4-5-10-23-39)27-31(40)36(26-16-7-6-8-17-26)21-12-18-34(27,3)43-35/h6-8,11-19,27-28,30,39H,4-5,9-10,20-23H2,1-3H3/t27-,28-,30?,34+,35-/m0/s1. The molecule has 6 rings (SSSR count). The van der Waals surface area contributed by atoms with Crippen molar-refractivity contribution in [3.8, 4) is 0 Å². The van der Waals surface area contributed by atoms with Crippen LogP contribution < -0.4 is 9.80 Å². The third-order valence-corrected chi connectivity index (χ3v) is 9.64. The van der Waals surface area contributed by atoms with E-state index in [1.807, 2.05) is 93.6 Å². The zero-order chi connectivity index (χ0) is 30.4. The number of anilines is 2. The SMILES string of the molecule is Cc1cccc(C)c1N1CC=C[C@]23O[C@]4(C)C=CCN(c5ccccc5)C(=O)[C@@H]4[C@H]2C(=O)N(CCCCCCO)C3C1=O. The zero-order valence-electron chi connectivity index (χ0n) is 25.2. The Bertz CT molecular complexity index is 1450. The molecule has 3 amide bonds. The fourth-order valence-electron chi connectivity index (χ4n) is 7.78. The van der Waals surface area contributed by atoms with Gasteiger partial charge in [0.25, 0.3) is 5.91 Å². The summed E-state index contributed by atoms with van der Waals surface area (Å²) in [5.74, 6) is -2.22. The highest BCUT2D eigenvalue weighted by Crippen LogP contribution is 2.58. The van der Waals surface area contributed by atoms with Crippen molar-refractivity contribution in [3.63, 3.8) is 0 Å². The number of nitrogens with zero attached hydrogens (tertiary/aromatic N) is 3. The molecule has 4 aliphatic heterocycles. The topological polar surface area (TPSA) is 90.4 Å². The number of aliphatic hydroxyl groups excluding tert-OH is 1. The van der Waals surface area contributed by atoms with Crippen LogP contribution in [-0.4, -0.2) is 71.2 Å². The number of ether oxygens (including phenoxy) is 1. The summed E-state index contributed by atoms with van der Waals surface area (Å²) in [5, 5.41) is 9.24. The maximum atomic E-state index is 14.8. The van der Waals surface area contributed by atoms with E-state index in [1.165, 1.54) is 0 Å². The summed E-state index contributed by atoms with van der Waals surface area (Å²) in [5.41, 5.74) is 1.22. The van der Waals surface area contributed by atoms with Crippen LogP contribution in [-0.2, 0) is 19.1 Å². The average molecular weight is 584 g/mol. The number of likely N-dealkylation sites (tertiary alicyclic amines) is 1. The Morgan fingerprint density at radius 1 is 0.791 bits per heavy atom. The molecule has 5 atom stereocenters. The van der Waals surface area contributed by atoms with E-state index in [0.29, 0.717) is 32.5 Å². The molecule has 2 aromatic carbocycles. The molecule has 8 nitrogen and oxygen atoms in total. The molecule has 0 aliphatic carbocycles. The first-order valence-corrected chi connectivity index (χ1v) is 15.4. The molecule has 1 unspecified atom stereocenters. The zero-order valence-corrected chi connectivity index (χ0v) is 25.2. The van der Waals surface area contributed by atoms with Crippen LogP contribution in [0.3, 0.4) is 0 Å². The van der Waals surface area contributed by atoms with Crippen LogP contribution in [0.4, 0.5) is 11.4 Å². The van der Waals surface area contributed by atoms with Gasteiger partial charge in [0.15, 0.2) is 0 Å². The molecule has 4 heterocycles. The first-order chi connectivity index (χ1) is 20.7. The Hall–Kier alpha value is -3.75. The predicted molar refractivity (Wildman–Crippen MR) is 166 cm³/mol. The minimum absolute atomic E-state index is 0.131. The van der Waals surface area contributed by atoms with Crippen molar-refractivity contribution in [1.29, 1.82) is 0 Å². The Balaban J connectivity index is 1.44. The van der Waals surface area contributed by atoms with E-state index in [2.05, 4.69) is 0 Å². The van der Waals surface area contributed by atoms with E-state index in [1.54, 1.807) is 14.7 Å². The largest absolute Gasteiger partial charge is 0.396 e. The van der Waals surface area contributed by atoms with Crippen molar-refractivity contribution in [1.82, 2.24) is 4.90 Å². The summed E-state index contributed by atoms with van der Waals surface area (Å²) in [6.07, 6.45) is 10.8. The molecule has 0 radical (unpaired) electrons. The third-order valence-electron chi connectivity index (χ3n) is 9.64. The highest BCUT2D eigenvalue weighted by Gasteiger charge is 2.74. The maximum absolute atomic E-state index is 14.8. The van der Waals surface area contributed by atoms with Crippen molar-refractivity contribution in [2.45, 2.75) is 63.7 Å². The van der Waals surface area contributed by atoms with Crippen LogP contribution >= 0.6 is 0 Å². The van der Waals surface area contributed by atoms with Crippen molar-refractivity contribution in [3.05, 3.63) is 84.0 Å². The highest BCUT2D eigenvalue weighted by atomic mass is 16.5. The number of hydrogen-bond acceptors (Lipinski definition) is 5. The molecule has 4 aliphatic rings. The minimum Gasteiger partial charge on any atom is -0.396 e. The molecule has 0 saturated carbocycles. The summed E-state index contributed by atoms with van der Waals surface area (Å²) in [4.78, 5) is 49.0. The van der Waals surface area contributed by atoms with Gasteiger partial charge in [-0.15, -0.1) is 0 Å². The van der Waals surface area contributed by atoms with Crippen LogP contribution in [0, 0.1) is 25.7 Å². The van der Waals surface area contributed by atoms with E-state index in [4.69, 9.17) is 4.74 Å². The molecule has 43 heavy (non-hydrogen) atoms. The number of para-hydroxylation sites is 2. The summed E-state index contributed by atoms with van der Waals surface area (Å²) >= 11 is 0. The second kappa shape index (κ2) is 11.4. The second-order valence-electron chi connectivity index (χ2n) is 12.4. The summed E-state index contributed by atoms with van der Waals surface area (Å²) in [6, 6.07) is 14.6. The number of amides is 3. The minimum atomic E-state index is -1.29. The van der Waals surface area contributed by atoms with E-state index >= 15 is 0 Å². The number of fused-ring (bicyclic) bond motifs is 2.